The van der Waals surface area contributed by atoms with E-state index in [1.54, 1.807) is 41.2 Å². The summed E-state index contributed by atoms with van der Waals surface area (Å²) in [7, 11) is -3.65. The molecule has 160 valence electrons. The fraction of sp³-hybridized carbons (Fsp3) is 0.182. The van der Waals surface area contributed by atoms with Crippen molar-refractivity contribution in [3.05, 3.63) is 72.6 Å². The van der Waals surface area contributed by atoms with E-state index in [1.807, 2.05) is 37.3 Å². The Labute approximate surface area is 179 Å². The minimum atomic E-state index is -3.65. The van der Waals surface area contributed by atoms with Gasteiger partial charge >= 0.3 is 0 Å². The van der Waals surface area contributed by atoms with E-state index in [4.69, 9.17) is 4.74 Å². The summed E-state index contributed by atoms with van der Waals surface area (Å²) >= 11 is 0. The summed E-state index contributed by atoms with van der Waals surface area (Å²) in [5.74, 6) is -0.178. The topological polar surface area (TPSA) is 102 Å². The first kappa shape index (κ1) is 20.7. The van der Waals surface area contributed by atoms with Crippen molar-refractivity contribution in [2.24, 2.45) is 0 Å². The standard InChI is InChI=1S/C22H22N4O4S/c1-2-30-20-8-7-16-5-3-4-6-19(16)21(20)22(27)23-12-14-31(28,29)25-17-10-13-26-18(15-17)9-11-24-26/h3-11,13,15,25H,2,12,14H2,1H3,(H,23,27). The van der Waals surface area contributed by atoms with Gasteiger partial charge in [-0.05, 0) is 42.0 Å². The number of hydrogen-bond donors (Lipinski definition) is 2. The Bertz CT molecular complexity index is 1350. The van der Waals surface area contributed by atoms with Gasteiger partial charge in [-0.3, -0.25) is 9.52 Å². The van der Waals surface area contributed by atoms with Gasteiger partial charge in [-0.2, -0.15) is 5.10 Å². The molecule has 31 heavy (non-hydrogen) atoms. The van der Waals surface area contributed by atoms with Crippen LogP contribution in [0.4, 0.5) is 5.69 Å². The van der Waals surface area contributed by atoms with E-state index in [2.05, 4.69) is 15.1 Å². The average Bonchev–Trinajstić information content (AvgIpc) is 3.21. The van der Waals surface area contributed by atoms with E-state index in [0.717, 1.165) is 16.3 Å². The summed E-state index contributed by atoms with van der Waals surface area (Å²) in [5, 5.41) is 8.44. The van der Waals surface area contributed by atoms with Crippen LogP contribution in [-0.2, 0) is 10.0 Å². The summed E-state index contributed by atoms with van der Waals surface area (Å²) in [4.78, 5) is 12.9. The van der Waals surface area contributed by atoms with Gasteiger partial charge in [0.15, 0.2) is 0 Å². The number of ether oxygens (including phenoxy) is 1. The second kappa shape index (κ2) is 8.65. The number of nitrogens with one attached hydrogen (secondary N) is 2. The summed E-state index contributed by atoms with van der Waals surface area (Å²) < 4.78 is 34.7. The maximum atomic E-state index is 12.9. The Morgan fingerprint density at radius 1 is 1.13 bits per heavy atom. The minimum absolute atomic E-state index is 0.0438. The number of nitrogens with zero attached hydrogens (tertiary/aromatic N) is 2. The van der Waals surface area contributed by atoms with Crippen molar-refractivity contribution < 1.29 is 17.9 Å². The van der Waals surface area contributed by atoms with Crippen molar-refractivity contribution in [1.82, 2.24) is 14.9 Å². The van der Waals surface area contributed by atoms with Crippen LogP contribution in [0.2, 0.25) is 0 Å². The van der Waals surface area contributed by atoms with Crippen LogP contribution in [0.1, 0.15) is 17.3 Å². The summed E-state index contributed by atoms with van der Waals surface area (Å²) in [6.45, 7) is 2.22. The molecule has 0 fully saturated rings. The number of carbonyl (C=O) groups is 1. The third kappa shape index (κ3) is 4.61. The number of carbonyl (C=O) groups excluding carboxylic acids is 1. The Kier molecular flexibility index (Phi) is 5.77. The molecule has 4 aromatic rings. The lowest BCUT2D eigenvalue weighted by atomic mass is 10.0. The van der Waals surface area contributed by atoms with Crippen molar-refractivity contribution in [3.63, 3.8) is 0 Å². The fourth-order valence-electron chi connectivity index (χ4n) is 3.36. The van der Waals surface area contributed by atoms with Crippen LogP contribution in [0, 0.1) is 0 Å². The van der Waals surface area contributed by atoms with Gasteiger partial charge in [-0.15, -0.1) is 0 Å². The van der Waals surface area contributed by atoms with Crippen molar-refractivity contribution in [3.8, 4) is 5.75 Å². The zero-order valence-corrected chi connectivity index (χ0v) is 17.7. The fourth-order valence-corrected chi connectivity index (χ4v) is 4.32. The van der Waals surface area contributed by atoms with Gasteiger partial charge in [-0.25, -0.2) is 12.9 Å². The molecular formula is C22H22N4O4S. The normalized spacial score (nSPS) is 11.5. The molecule has 0 unspecified atom stereocenters. The summed E-state index contributed by atoms with van der Waals surface area (Å²) in [6, 6.07) is 16.2. The highest BCUT2D eigenvalue weighted by molar-refractivity contribution is 7.92. The largest absolute Gasteiger partial charge is 0.493 e. The number of sulfonamides is 1. The van der Waals surface area contributed by atoms with E-state index in [9.17, 15) is 13.2 Å². The van der Waals surface area contributed by atoms with E-state index in [-0.39, 0.29) is 18.2 Å². The van der Waals surface area contributed by atoms with Gasteiger partial charge in [0.2, 0.25) is 10.0 Å². The van der Waals surface area contributed by atoms with E-state index in [1.165, 1.54) is 0 Å². The minimum Gasteiger partial charge on any atom is -0.493 e. The van der Waals surface area contributed by atoms with Crippen molar-refractivity contribution >= 4 is 37.9 Å². The van der Waals surface area contributed by atoms with Crippen LogP contribution < -0.4 is 14.8 Å². The average molecular weight is 439 g/mol. The highest BCUT2D eigenvalue weighted by Crippen LogP contribution is 2.28. The zero-order chi connectivity index (χ0) is 21.8. The number of hydrogen-bond acceptors (Lipinski definition) is 5. The maximum absolute atomic E-state index is 12.9. The number of benzene rings is 2. The second-order valence-electron chi connectivity index (χ2n) is 6.89. The van der Waals surface area contributed by atoms with Crippen molar-refractivity contribution in [1.29, 1.82) is 0 Å². The Hall–Kier alpha value is -3.59. The predicted molar refractivity (Wildman–Crippen MR) is 120 cm³/mol. The molecular weight excluding hydrogens is 416 g/mol. The van der Waals surface area contributed by atoms with Crippen molar-refractivity contribution in [2.45, 2.75) is 6.92 Å². The van der Waals surface area contributed by atoms with Gasteiger partial charge in [0.05, 0.1) is 29.1 Å². The quantitative estimate of drug-likeness (QED) is 0.440. The lowest BCUT2D eigenvalue weighted by Crippen LogP contribution is -2.31. The molecule has 0 bridgehead atoms. The van der Waals surface area contributed by atoms with Crippen LogP contribution in [0.15, 0.2) is 67.0 Å². The highest BCUT2D eigenvalue weighted by Gasteiger charge is 2.18. The summed E-state index contributed by atoms with van der Waals surface area (Å²) in [5.41, 5.74) is 1.61. The molecule has 0 atom stereocenters. The third-order valence-corrected chi connectivity index (χ3v) is 6.04. The monoisotopic (exact) mass is 438 g/mol. The van der Waals surface area contributed by atoms with Crippen LogP contribution in [0.25, 0.3) is 16.3 Å². The molecule has 4 rings (SSSR count). The molecule has 0 aliphatic carbocycles. The Morgan fingerprint density at radius 2 is 1.97 bits per heavy atom. The molecule has 2 heterocycles. The maximum Gasteiger partial charge on any atom is 0.255 e. The summed E-state index contributed by atoms with van der Waals surface area (Å²) in [6.07, 6.45) is 3.30. The number of anilines is 1. The zero-order valence-electron chi connectivity index (χ0n) is 16.9. The number of amides is 1. The first-order valence-corrected chi connectivity index (χ1v) is 11.5. The number of pyridine rings is 1. The number of rotatable bonds is 8. The van der Waals surface area contributed by atoms with E-state index >= 15 is 0 Å². The van der Waals surface area contributed by atoms with Crippen molar-refractivity contribution in [2.75, 3.05) is 23.6 Å². The van der Waals surface area contributed by atoms with E-state index in [0.29, 0.717) is 23.6 Å². The Balaban J connectivity index is 1.45. The van der Waals surface area contributed by atoms with Gasteiger partial charge in [0.25, 0.3) is 5.91 Å². The molecule has 0 spiro atoms. The predicted octanol–water partition coefficient (Wildman–Crippen LogP) is 3.06. The molecule has 0 aliphatic heterocycles. The van der Waals surface area contributed by atoms with Crippen LogP contribution >= 0.6 is 0 Å². The molecule has 1 amide bonds. The first-order chi connectivity index (χ1) is 15.0. The highest BCUT2D eigenvalue weighted by atomic mass is 32.2. The third-order valence-electron chi connectivity index (χ3n) is 4.75. The molecule has 2 aromatic heterocycles. The first-order valence-electron chi connectivity index (χ1n) is 9.83. The molecule has 0 aliphatic rings. The molecule has 0 saturated carbocycles. The Morgan fingerprint density at radius 3 is 2.81 bits per heavy atom. The van der Waals surface area contributed by atoms with Gasteiger partial charge in [0.1, 0.15) is 5.75 Å². The van der Waals surface area contributed by atoms with Crippen LogP contribution in [0.5, 0.6) is 5.75 Å². The van der Waals surface area contributed by atoms with E-state index < -0.39 is 10.0 Å². The lowest BCUT2D eigenvalue weighted by Gasteiger charge is -2.14. The number of aromatic nitrogens is 2. The van der Waals surface area contributed by atoms with Gasteiger partial charge < -0.3 is 10.1 Å². The molecule has 8 nitrogen and oxygen atoms in total. The van der Waals surface area contributed by atoms with Gasteiger partial charge in [-0.1, -0.05) is 30.3 Å². The SMILES string of the molecule is CCOc1ccc2ccccc2c1C(=O)NCCS(=O)(=O)Nc1ccn2nccc2c1. The van der Waals surface area contributed by atoms with Crippen LogP contribution in [-0.4, -0.2) is 42.8 Å². The molecule has 2 N–H and O–H groups in total. The molecule has 9 heteroatoms. The molecule has 2 aromatic carbocycles. The second-order valence-corrected chi connectivity index (χ2v) is 8.73. The molecule has 0 radical (unpaired) electrons. The lowest BCUT2D eigenvalue weighted by molar-refractivity contribution is 0.0954. The smallest absolute Gasteiger partial charge is 0.255 e. The van der Waals surface area contributed by atoms with Crippen LogP contribution in [0.3, 0.4) is 0 Å². The number of fused-ring (bicyclic) bond motifs is 2. The molecule has 0 saturated heterocycles. The van der Waals surface area contributed by atoms with Gasteiger partial charge in [0, 0.05) is 18.9 Å².